The van der Waals surface area contributed by atoms with E-state index >= 15 is 0 Å². The largest absolute Gasteiger partial charge is 0.461 e. The maximum atomic E-state index is 11.5. The number of alkyl halides is 1. The van der Waals surface area contributed by atoms with Gasteiger partial charge in [-0.1, -0.05) is 40.2 Å². The number of benzene rings is 1. The summed E-state index contributed by atoms with van der Waals surface area (Å²) in [7, 11) is 0. The Labute approximate surface area is 118 Å². The molecule has 2 rings (SSSR count). The Bertz CT molecular complexity index is 536. The number of ether oxygens (including phenoxy) is 1. The number of thiazole rings is 1. The Hall–Kier alpha value is -1.20. The van der Waals surface area contributed by atoms with E-state index in [1.165, 1.54) is 16.9 Å². The number of hydrogen-bond acceptors (Lipinski definition) is 4. The van der Waals surface area contributed by atoms with Gasteiger partial charge in [-0.15, -0.1) is 11.3 Å². The highest BCUT2D eigenvalue weighted by atomic mass is 79.9. The Balaban J connectivity index is 2.20. The van der Waals surface area contributed by atoms with Gasteiger partial charge in [0, 0.05) is 16.3 Å². The number of esters is 1. The summed E-state index contributed by atoms with van der Waals surface area (Å²) < 4.78 is 4.91. The number of nitrogens with zero attached hydrogens (tertiary/aromatic N) is 1. The molecule has 0 spiro atoms. The lowest BCUT2D eigenvalue weighted by molar-refractivity contribution is 0.0520. The summed E-state index contributed by atoms with van der Waals surface area (Å²) >= 11 is 4.85. The molecule has 18 heavy (non-hydrogen) atoms. The minimum absolute atomic E-state index is 0.364. The lowest BCUT2D eigenvalue weighted by Crippen LogP contribution is -2.04. The van der Waals surface area contributed by atoms with Gasteiger partial charge >= 0.3 is 5.97 Å². The van der Waals surface area contributed by atoms with Crippen LogP contribution in [0.25, 0.3) is 10.6 Å². The average molecular weight is 326 g/mol. The molecule has 0 saturated carbocycles. The molecule has 0 fully saturated rings. The maximum Gasteiger partial charge on any atom is 0.357 e. The highest BCUT2D eigenvalue weighted by molar-refractivity contribution is 9.08. The standard InChI is InChI=1S/C13H12BrNO2S/c1-2-17-13(16)11-8-18-12(15-11)10-5-3-9(7-14)4-6-10/h3-6,8H,2,7H2,1H3. The predicted octanol–water partition coefficient (Wildman–Crippen LogP) is 3.88. The molecule has 1 aromatic heterocycles. The maximum absolute atomic E-state index is 11.5. The molecule has 0 aliphatic carbocycles. The van der Waals surface area contributed by atoms with Gasteiger partial charge in [-0.25, -0.2) is 9.78 Å². The van der Waals surface area contributed by atoms with Crippen LogP contribution in [0.1, 0.15) is 23.0 Å². The topological polar surface area (TPSA) is 39.2 Å². The minimum Gasteiger partial charge on any atom is -0.461 e. The minimum atomic E-state index is -0.364. The molecule has 5 heteroatoms. The normalized spacial score (nSPS) is 10.3. The van der Waals surface area contributed by atoms with E-state index < -0.39 is 0 Å². The first-order valence-corrected chi connectivity index (χ1v) is 7.52. The summed E-state index contributed by atoms with van der Waals surface area (Å²) in [5.74, 6) is -0.364. The summed E-state index contributed by atoms with van der Waals surface area (Å²) in [6.45, 7) is 2.15. The van der Waals surface area contributed by atoms with Gasteiger partial charge in [0.2, 0.25) is 0 Å². The van der Waals surface area contributed by atoms with Crippen LogP contribution in [0.5, 0.6) is 0 Å². The number of hydrogen-bond donors (Lipinski definition) is 0. The molecule has 1 heterocycles. The van der Waals surface area contributed by atoms with Crippen molar-refractivity contribution in [3.05, 3.63) is 40.9 Å². The highest BCUT2D eigenvalue weighted by Gasteiger charge is 2.12. The van der Waals surface area contributed by atoms with Crippen LogP contribution in [0.4, 0.5) is 0 Å². The van der Waals surface area contributed by atoms with Crippen LogP contribution in [0.2, 0.25) is 0 Å². The molecule has 3 nitrogen and oxygen atoms in total. The van der Waals surface area contributed by atoms with E-state index in [9.17, 15) is 4.79 Å². The lowest BCUT2D eigenvalue weighted by atomic mass is 10.2. The third kappa shape index (κ3) is 2.97. The first-order chi connectivity index (χ1) is 8.74. The van der Waals surface area contributed by atoms with Crippen molar-refractivity contribution >= 4 is 33.2 Å². The van der Waals surface area contributed by atoms with E-state index in [-0.39, 0.29) is 5.97 Å². The molecule has 0 amide bonds. The molecule has 1 aromatic carbocycles. The second-order valence-electron chi connectivity index (χ2n) is 3.59. The first kappa shape index (κ1) is 13.2. The molecule has 0 unspecified atom stereocenters. The molecule has 2 aromatic rings. The Morgan fingerprint density at radius 1 is 1.39 bits per heavy atom. The van der Waals surface area contributed by atoms with Crippen molar-refractivity contribution in [1.29, 1.82) is 0 Å². The summed E-state index contributed by atoms with van der Waals surface area (Å²) in [6.07, 6.45) is 0. The fourth-order valence-corrected chi connectivity index (χ4v) is 2.61. The van der Waals surface area contributed by atoms with E-state index in [0.29, 0.717) is 12.3 Å². The van der Waals surface area contributed by atoms with Gasteiger partial charge in [0.1, 0.15) is 5.01 Å². The van der Waals surface area contributed by atoms with Crippen LogP contribution >= 0.6 is 27.3 Å². The Kier molecular flexibility index (Phi) is 4.49. The van der Waals surface area contributed by atoms with E-state index in [1.54, 1.807) is 12.3 Å². The third-order valence-electron chi connectivity index (χ3n) is 2.34. The SMILES string of the molecule is CCOC(=O)c1csc(-c2ccc(CBr)cc2)n1. The van der Waals surface area contributed by atoms with Crippen molar-refractivity contribution in [3.8, 4) is 10.6 Å². The molecule has 0 aliphatic rings. The van der Waals surface area contributed by atoms with Crippen LogP contribution in [0, 0.1) is 0 Å². The fourth-order valence-electron chi connectivity index (χ4n) is 1.44. The van der Waals surface area contributed by atoms with Crippen molar-refractivity contribution in [3.63, 3.8) is 0 Å². The second-order valence-corrected chi connectivity index (χ2v) is 5.01. The molecule has 0 bridgehead atoms. The van der Waals surface area contributed by atoms with Crippen LogP contribution in [0.15, 0.2) is 29.6 Å². The zero-order chi connectivity index (χ0) is 13.0. The van der Waals surface area contributed by atoms with Crippen molar-refractivity contribution in [2.45, 2.75) is 12.3 Å². The number of halogens is 1. The van der Waals surface area contributed by atoms with Crippen LogP contribution in [-0.2, 0) is 10.1 Å². The summed E-state index contributed by atoms with van der Waals surface area (Å²) in [5.41, 5.74) is 2.60. The summed E-state index contributed by atoms with van der Waals surface area (Å²) in [5, 5.41) is 3.39. The first-order valence-electron chi connectivity index (χ1n) is 5.52. The molecule has 0 atom stereocenters. The number of aromatic nitrogens is 1. The predicted molar refractivity (Wildman–Crippen MR) is 76.1 cm³/mol. The van der Waals surface area contributed by atoms with Crippen molar-refractivity contribution in [1.82, 2.24) is 4.98 Å². The van der Waals surface area contributed by atoms with E-state index in [4.69, 9.17) is 4.74 Å². The van der Waals surface area contributed by atoms with Gasteiger partial charge in [-0.2, -0.15) is 0 Å². The highest BCUT2D eigenvalue weighted by Crippen LogP contribution is 2.24. The molecule has 94 valence electrons. The summed E-state index contributed by atoms with van der Waals surface area (Å²) in [6, 6.07) is 8.08. The van der Waals surface area contributed by atoms with Crippen LogP contribution in [0.3, 0.4) is 0 Å². The fraction of sp³-hybridized carbons (Fsp3) is 0.231. The number of rotatable bonds is 4. The van der Waals surface area contributed by atoms with E-state index in [2.05, 4.69) is 20.9 Å². The zero-order valence-electron chi connectivity index (χ0n) is 9.85. The smallest absolute Gasteiger partial charge is 0.357 e. The van der Waals surface area contributed by atoms with E-state index in [0.717, 1.165) is 15.9 Å². The molecule has 0 N–H and O–H groups in total. The molecule has 0 radical (unpaired) electrons. The quantitative estimate of drug-likeness (QED) is 0.632. The van der Waals surface area contributed by atoms with Gasteiger partial charge in [-0.3, -0.25) is 0 Å². The average Bonchev–Trinajstić information content (AvgIpc) is 2.89. The zero-order valence-corrected chi connectivity index (χ0v) is 12.3. The van der Waals surface area contributed by atoms with E-state index in [1.807, 2.05) is 24.3 Å². The van der Waals surface area contributed by atoms with Gasteiger partial charge in [-0.05, 0) is 12.5 Å². The Morgan fingerprint density at radius 2 is 2.11 bits per heavy atom. The van der Waals surface area contributed by atoms with Crippen molar-refractivity contribution < 1.29 is 9.53 Å². The van der Waals surface area contributed by atoms with Gasteiger partial charge in [0.05, 0.1) is 6.61 Å². The number of carbonyl (C=O) groups excluding carboxylic acids is 1. The molecule has 0 aliphatic heterocycles. The Morgan fingerprint density at radius 3 is 2.72 bits per heavy atom. The van der Waals surface area contributed by atoms with Crippen LogP contribution < -0.4 is 0 Å². The van der Waals surface area contributed by atoms with Gasteiger partial charge < -0.3 is 4.74 Å². The monoisotopic (exact) mass is 325 g/mol. The third-order valence-corrected chi connectivity index (χ3v) is 3.88. The van der Waals surface area contributed by atoms with Crippen molar-refractivity contribution in [2.24, 2.45) is 0 Å². The van der Waals surface area contributed by atoms with Gasteiger partial charge in [0.25, 0.3) is 0 Å². The lowest BCUT2D eigenvalue weighted by Gasteiger charge is -1.99. The molecular formula is C13H12BrNO2S. The molecule has 0 saturated heterocycles. The number of carbonyl (C=O) groups is 1. The van der Waals surface area contributed by atoms with Crippen molar-refractivity contribution in [2.75, 3.05) is 6.61 Å². The van der Waals surface area contributed by atoms with Gasteiger partial charge in [0.15, 0.2) is 5.69 Å². The molecular weight excluding hydrogens is 314 g/mol. The summed E-state index contributed by atoms with van der Waals surface area (Å²) in [4.78, 5) is 15.8. The van der Waals surface area contributed by atoms with Crippen LogP contribution in [-0.4, -0.2) is 17.6 Å². The second kappa shape index (κ2) is 6.11.